The lowest BCUT2D eigenvalue weighted by molar-refractivity contribution is 0.0526. The largest absolute Gasteiger partial charge is 0.462 e. The summed E-state index contributed by atoms with van der Waals surface area (Å²) in [5, 5.41) is 6.44. The molecule has 2 N–H and O–H groups in total. The molecule has 26 heavy (non-hydrogen) atoms. The molecular formula is C20H24FN3O2. The summed E-state index contributed by atoms with van der Waals surface area (Å²) in [6, 6.07) is 13.7. The van der Waals surface area contributed by atoms with E-state index >= 15 is 0 Å². The van der Waals surface area contributed by atoms with E-state index in [0.717, 1.165) is 17.5 Å². The zero-order chi connectivity index (χ0) is 18.8. The van der Waals surface area contributed by atoms with E-state index in [-0.39, 0.29) is 11.8 Å². The minimum Gasteiger partial charge on any atom is -0.462 e. The number of benzene rings is 2. The van der Waals surface area contributed by atoms with Crippen LogP contribution in [0.2, 0.25) is 0 Å². The van der Waals surface area contributed by atoms with E-state index in [9.17, 15) is 9.18 Å². The molecule has 0 fully saturated rings. The second-order valence-electron chi connectivity index (χ2n) is 5.65. The number of halogens is 1. The van der Waals surface area contributed by atoms with Crippen LogP contribution in [0.1, 0.15) is 28.4 Å². The van der Waals surface area contributed by atoms with Gasteiger partial charge in [0.2, 0.25) is 0 Å². The van der Waals surface area contributed by atoms with Crippen molar-refractivity contribution < 1.29 is 13.9 Å². The Balaban J connectivity index is 1.77. The molecule has 0 saturated heterocycles. The van der Waals surface area contributed by atoms with Crippen LogP contribution >= 0.6 is 0 Å². The lowest BCUT2D eigenvalue weighted by Crippen LogP contribution is -2.37. The Morgan fingerprint density at radius 2 is 1.69 bits per heavy atom. The monoisotopic (exact) mass is 357 g/mol. The molecule has 138 valence electrons. The topological polar surface area (TPSA) is 62.7 Å². The van der Waals surface area contributed by atoms with Gasteiger partial charge in [0.1, 0.15) is 5.82 Å². The van der Waals surface area contributed by atoms with Crippen LogP contribution in [0.25, 0.3) is 0 Å². The molecule has 0 bridgehead atoms. The lowest BCUT2D eigenvalue weighted by atomic mass is 10.1. The lowest BCUT2D eigenvalue weighted by Gasteiger charge is -2.12. The van der Waals surface area contributed by atoms with E-state index in [0.29, 0.717) is 31.2 Å². The molecule has 0 spiro atoms. The molecule has 0 aromatic heterocycles. The summed E-state index contributed by atoms with van der Waals surface area (Å²) in [4.78, 5) is 15.8. The van der Waals surface area contributed by atoms with Gasteiger partial charge < -0.3 is 15.4 Å². The maximum atomic E-state index is 12.9. The molecule has 0 saturated carbocycles. The number of hydrogen-bond acceptors (Lipinski definition) is 3. The summed E-state index contributed by atoms with van der Waals surface area (Å²) in [5.41, 5.74) is 2.63. The normalized spacial score (nSPS) is 11.1. The maximum Gasteiger partial charge on any atom is 0.338 e. The fourth-order valence-electron chi connectivity index (χ4n) is 2.36. The van der Waals surface area contributed by atoms with E-state index < -0.39 is 0 Å². The number of guanidine groups is 1. The number of carbonyl (C=O) groups excluding carboxylic acids is 1. The number of carbonyl (C=O) groups is 1. The first-order valence-electron chi connectivity index (χ1n) is 8.57. The van der Waals surface area contributed by atoms with Crippen molar-refractivity contribution in [3.8, 4) is 0 Å². The summed E-state index contributed by atoms with van der Waals surface area (Å²) in [7, 11) is 1.71. The molecule has 0 atom stereocenters. The van der Waals surface area contributed by atoms with E-state index in [1.165, 1.54) is 12.1 Å². The van der Waals surface area contributed by atoms with E-state index in [2.05, 4.69) is 15.6 Å². The Kier molecular flexibility index (Phi) is 7.61. The van der Waals surface area contributed by atoms with Crippen LogP contribution in [0.3, 0.4) is 0 Å². The van der Waals surface area contributed by atoms with Crippen molar-refractivity contribution in [1.82, 2.24) is 10.6 Å². The van der Waals surface area contributed by atoms with Gasteiger partial charge in [-0.15, -0.1) is 0 Å². The summed E-state index contributed by atoms with van der Waals surface area (Å²) >= 11 is 0. The van der Waals surface area contributed by atoms with Gasteiger partial charge in [0, 0.05) is 20.1 Å². The minimum absolute atomic E-state index is 0.229. The van der Waals surface area contributed by atoms with Gasteiger partial charge in [0.15, 0.2) is 5.96 Å². The highest BCUT2D eigenvalue weighted by atomic mass is 19.1. The van der Waals surface area contributed by atoms with Crippen molar-refractivity contribution in [2.24, 2.45) is 4.99 Å². The number of rotatable bonds is 7. The Hall–Kier alpha value is -2.89. The number of nitrogens with one attached hydrogen (secondary N) is 2. The van der Waals surface area contributed by atoms with Crippen molar-refractivity contribution in [2.75, 3.05) is 20.2 Å². The molecule has 0 amide bonds. The Morgan fingerprint density at radius 1 is 1.04 bits per heavy atom. The van der Waals surface area contributed by atoms with Gasteiger partial charge in [-0.05, 0) is 48.7 Å². The molecule has 2 rings (SSSR count). The number of ether oxygens (including phenoxy) is 1. The first-order chi connectivity index (χ1) is 12.6. The highest BCUT2D eigenvalue weighted by molar-refractivity contribution is 5.89. The fourth-order valence-corrected chi connectivity index (χ4v) is 2.36. The molecule has 2 aromatic rings. The third kappa shape index (κ3) is 6.20. The van der Waals surface area contributed by atoms with Crippen LogP contribution in [0.4, 0.5) is 4.39 Å². The third-order valence-electron chi connectivity index (χ3n) is 3.77. The second-order valence-corrected chi connectivity index (χ2v) is 5.65. The average Bonchev–Trinajstić information content (AvgIpc) is 2.66. The molecule has 0 heterocycles. The van der Waals surface area contributed by atoms with E-state index in [4.69, 9.17) is 4.74 Å². The van der Waals surface area contributed by atoms with Crippen LogP contribution in [0.5, 0.6) is 0 Å². The first kappa shape index (κ1) is 19.4. The van der Waals surface area contributed by atoms with Crippen molar-refractivity contribution >= 4 is 11.9 Å². The number of hydrogen-bond donors (Lipinski definition) is 2. The maximum absolute atomic E-state index is 12.9. The highest BCUT2D eigenvalue weighted by Gasteiger charge is 2.06. The van der Waals surface area contributed by atoms with Crippen LogP contribution in [-0.4, -0.2) is 32.1 Å². The molecule has 0 aliphatic carbocycles. The molecule has 2 aromatic carbocycles. The Bertz CT molecular complexity index is 728. The number of nitrogens with zero attached hydrogens (tertiary/aromatic N) is 1. The van der Waals surface area contributed by atoms with E-state index in [1.54, 1.807) is 38.2 Å². The van der Waals surface area contributed by atoms with Crippen molar-refractivity contribution in [2.45, 2.75) is 19.9 Å². The summed E-state index contributed by atoms with van der Waals surface area (Å²) in [5.74, 6) is 0.139. The molecule has 0 unspecified atom stereocenters. The van der Waals surface area contributed by atoms with E-state index in [1.807, 2.05) is 12.1 Å². The Morgan fingerprint density at radius 3 is 2.31 bits per heavy atom. The van der Waals surface area contributed by atoms with Gasteiger partial charge in [0.05, 0.1) is 12.2 Å². The van der Waals surface area contributed by atoms with Gasteiger partial charge in [0.25, 0.3) is 0 Å². The smallest absolute Gasteiger partial charge is 0.338 e. The fraction of sp³-hybridized carbons (Fsp3) is 0.300. The van der Waals surface area contributed by atoms with Crippen LogP contribution in [0.15, 0.2) is 53.5 Å². The van der Waals surface area contributed by atoms with Crippen molar-refractivity contribution in [1.29, 1.82) is 0 Å². The zero-order valence-electron chi connectivity index (χ0n) is 15.1. The van der Waals surface area contributed by atoms with Crippen LogP contribution < -0.4 is 10.6 Å². The van der Waals surface area contributed by atoms with Gasteiger partial charge in [-0.1, -0.05) is 24.3 Å². The third-order valence-corrected chi connectivity index (χ3v) is 3.77. The Labute approximate surface area is 153 Å². The molecule has 6 heteroatoms. The SMILES string of the molecule is CCOC(=O)c1ccc(CNC(=NC)NCCc2ccc(F)cc2)cc1. The zero-order valence-corrected chi connectivity index (χ0v) is 15.1. The van der Waals surface area contributed by atoms with Crippen LogP contribution in [0, 0.1) is 5.82 Å². The molecule has 0 radical (unpaired) electrons. The van der Waals surface area contributed by atoms with Crippen molar-refractivity contribution in [3.63, 3.8) is 0 Å². The highest BCUT2D eigenvalue weighted by Crippen LogP contribution is 2.06. The number of aliphatic imine (C=N–C) groups is 1. The van der Waals surface area contributed by atoms with Crippen molar-refractivity contribution in [3.05, 3.63) is 71.0 Å². The quantitative estimate of drug-likeness (QED) is 0.454. The summed E-state index contributed by atoms with van der Waals surface area (Å²) in [6.07, 6.45) is 0.773. The molecule has 0 aliphatic heterocycles. The molecular weight excluding hydrogens is 333 g/mol. The second kappa shape index (κ2) is 10.2. The van der Waals surface area contributed by atoms with Crippen LogP contribution in [-0.2, 0) is 17.7 Å². The molecule has 5 nitrogen and oxygen atoms in total. The van der Waals surface area contributed by atoms with Gasteiger partial charge >= 0.3 is 5.97 Å². The predicted octanol–water partition coefficient (Wildman–Crippen LogP) is 2.91. The van der Waals surface area contributed by atoms with Gasteiger partial charge in [-0.2, -0.15) is 0 Å². The summed E-state index contributed by atoms with van der Waals surface area (Å²) < 4.78 is 17.9. The predicted molar refractivity (Wildman–Crippen MR) is 101 cm³/mol. The van der Waals surface area contributed by atoms with Gasteiger partial charge in [-0.3, -0.25) is 4.99 Å². The standard InChI is InChI=1S/C20H24FN3O2/c1-3-26-19(25)17-8-4-16(5-9-17)14-24-20(22-2)23-13-12-15-6-10-18(21)11-7-15/h4-11H,3,12-14H2,1-2H3,(H2,22,23,24). The number of esters is 1. The van der Waals surface area contributed by atoms with Gasteiger partial charge in [-0.25, -0.2) is 9.18 Å². The first-order valence-corrected chi connectivity index (χ1v) is 8.57. The average molecular weight is 357 g/mol. The molecule has 0 aliphatic rings. The minimum atomic E-state index is -0.315. The summed E-state index contributed by atoms with van der Waals surface area (Å²) in [6.45, 7) is 3.42.